The lowest BCUT2D eigenvalue weighted by molar-refractivity contribution is -0.133. The number of nitrogens with one attached hydrogen (secondary N) is 2. The summed E-state index contributed by atoms with van der Waals surface area (Å²) in [5, 5.41) is 4.02. The van der Waals surface area contributed by atoms with E-state index in [9.17, 15) is 9.59 Å². The predicted molar refractivity (Wildman–Crippen MR) is 136 cm³/mol. The summed E-state index contributed by atoms with van der Waals surface area (Å²) in [6.07, 6.45) is 5.70. The van der Waals surface area contributed by atoms with Crippen LogP contribution < -0.4 is 10.1 Å². The van der Waals surface area contributed by atoms with Crippen molar-refractivity contribution in [3.8, 4) is 5.75 Å². The van der Waals surface area contributed by atoms with Crippen molar-refractivity contribution in [3.05, 3.63) is 66.4 Å². The molecule has 184 valence electrons. The highest BCUT2D eigenvalue weighted by Crippen LogP contribution is 2.29. The van der Waals surface area contributed by atoms with E-state index in [-0.39, 0.29) is 30.0 Å². The maximum absolute atomic E-state index is 12.9. The molecule has 7 heteroatoms. The number of ether oxygens (including phenoxy) is 1. The fraction of sp³-hybridized carbons (Fsp3) is 0.429. The number of hydrogen-bond acceptors (Lipinski definition) is 4. The number of likely N-dealkylation sites (N-methyl/N-ethyl adjacent to an activating group) is 1. The first-order valence-electron chi connectivity index (χ1n) is 12.6. The molecule has 2 atom stereocenters. The summed E-state index contributed by atoms with van der Waals surface area (Å²) < 4.78 is 6.19. The molecular formula is C28H34N4O3. The van der Waals surface area contributed by atoms with Gasteiger partial charge in [0.25, 0.3) is 0 Å². The van der Waals surface area contributed by atoms with E-state index in [0.717, 1.165) is 50.2 Å². The highest BCUT2D eigenvalue weighted by Gasteiger charge is 2.42. The van der Waals surface area contributed by atoms with Gasteiger partial charge in [-0.3, -0.25) is 14.5 Å². The molecule has 5 rings (SSSR count). The van der Waals surface area contributed by atoms with Crippen LogP contribution >= 0.6 is 0 Å². The van der Waals surface area contributed by atoms with E-state index >= 15 is 0 Å². The van der Waals surface area contributed by atoms with Crippen molar-refractivity contribution >= 4 is 22.7 Å². The Labute approximate surface area is 206 Å². The highest BCUT2D eigenvalue weighted by atomic mass is 16.5. The lowest BCUT2D eigenvalue weighted by Crippen LogP contribution is -2.51. The number of nitrogens with zero attached hydrogens (tertiary/aromatic N) is 2. The Balaban J connectivity index is 1.16. The zero-order valence-corrected chi connectivity index (χ0v) is 20.3. The molecule has 2 saturated heterocycles. The number of likely N-dealkylation sites (tertiary alicyclic amines) is 2. The molecule has 0 spiro atoms. The van der Waals surface area contributed by atoms with Crippen LogP contribution in [0.1, 0.15) is 31.2 Å². The largest absolute Gasteiger partial charge is 0.489 e. The SMILES string of the molecule is CNC(=O)[C@@H]1C[C@H](Oc2ccccc2)CN1C1CCN(C(=O)CCc2c[nH]c3ccccc23)CC1. The number of hydrogen-bond donors (Lipinski definition) is 2. The van der Waals surface area contributed by atoms with Crippen LogP contribution in [-0.4, -0.2) is 71.5 Å². The highest BCUT2D eigenvalue weighted by molar-refractivity contribution is 5.84. The van der Waals surface area contributed by atoms with Crippen LogP contribution in [0.3, 0.4) is 0 Å². The number of aromatic nitrogens is 1. The molecule has 2 fully saturated rings. The molecule has 2 amide bonds. The van der Waals surface area contributed by atoms with Crippen molar-refractivity contribution in [1.82, 2.24) is 20.1 Å². The number of rotatable bonds is 7. The van der Waals surface area contributed by atoms with Gasteiger partial charge in [-0.25, -0.2) is 0 Å². The molecule has 3 aromatic rings. The van der Waals surface area contributed by atoms with Gasteiger partial charge in [0.05, 0.1) is 6.04 Å². The van der Waals surface area contributed by atoms with Crippen molar-refractivity contribution in [2.75, 3.05) is 26.7 Å². The zero-order valence-electron chi connectivity index (χ0n) is 20.3. The molecular weight excluding hydrogens is 440 g/mol. The maximum atomic E-state index is 12.9. The summed E-state index contributed by atoms with van der Waals surface area (Å²) in [5.41, 5.74) is 2.31. The number of piperidine rings is 1. The van der Waals surface area contributed by atoms with Crippen LogP contribution in [0.2, 0.25) is 0 Å². The first-order valence-corrected chi connectivity index (χ1v) is 12.6. The number of aryl methyl sites for hydroxylation is 1. The number of benzene rings is 2. The van der Waals surface area contributed by atoms with E-state index in [1.807, 2.05) is 53.6 Å². The van der Waals surface area contributed by atoms with Gasteiger partial charge in [-0.1, -0.05) is 36.4 Å². The molecule has 2 aliphatic heterocycles. The molecule has 35 heavy (non-hydrogen) atoms. The summed E-state index contributed by atoms with van der Waals surface area (Å²) in [4.78, 5) is 33.2. The lowest BCUT2D eigenvalue weighted by atomic mass is 10.0. The van der Waals surface area contributed by atoms with Gasteiger partial charge < -0.3 is 19.9 Å². The Morgan fingerprint density at radius 3 is 2.57 bits per heavy atom. The number of aromatic amines is 1. The topological polar surface area (TPSA) is 77.7 Å². The number of fused-ring (bicyclic) bond motifs is 1. The van der Waals surface area contributed by atoms with E-state index in [1.165, 1.54) is 10.9 Å². The Hall–Kier alpha value is -3.32. The van der Waals surface area contributed by atoms with Crippen LogP contribution in [0, 0.1) is 0 Å². The van der Waals surface area contributed by atoms with E-state index in [2.05, 4.69) is 27.3 Å². The average molecular weight is 475 g/mol. The first kappa shape index (κ1) is 23.4. The Bertz CT molecular complexity index is 1150. The minimum atomic E-state index is -0.192. The monoisotopic (exact) mass is 474 g/mol. The maximum Gasteiger partial charge on any atom is 0.237 e. The summed E-state index contributed by atoms with van der Waals surface area (Å²) >= 11 is 0. The number of H-pyrrole nitrogens is 1. The lowest BCUT2D eigenvalue weighted by Gasteiger charge is -2.38. The third-order valence-corrected chi connectivity index (χ3v) is 7.47. The third kappa shape index (κ3) is 5.20. The van der Waals surface area contributed by atoms with Crippen LogP contribution in [0.15, 0.2) is 60.8 Å². The minimum Gasteiger partial charge on any atom is -0.489 e. The van der Waals surface area contributed by atoms with Gasteiger partial charge in [-0.2, -0.15) is 0 Å². The number of amides is 2. The van der Waals surface area contributed by atoms with Crippen molar-refractivity contribution in [3.63, 3.8) is 0 Å². The van der Waals surface area contributed by atoms with E-state index in [0.29, 0.717) is 12.8 Å². The van der Waals surface area contributed by atoms with Gasteiger partial charge in [0.1, 0.15) is 11.9 Å². The van der Waals surface area contributed by atoms with Crippen LogP contribution in [0.4, 0.5) is 0 Å². The first-order chi connectivity index (χ1) is 17.1. The number of carbonyl (C=O) groups is 2. The van der Waals surface area contributed by atoms with Crippen molar-refractivity contribution in [2.45, 2.75) is 50.3 Å². The average Bonchev–Trinajstić information content (AvgIpc) is 3.52. The zero-order chi connectivity index (χ0) is 24.2. The quantitative estimate of drug-likeness (QED) is 0.551. The Morgan fingerprint density at radius 1 is 1.06 bits per heavy atom. The van der Waals surface area contributed by atoms with E-state index in [1.54, 1.807) is 7.05 Å². The standard InChI is InChI=1S/C28H34N4O3/c1-29-28(34)26-17-23(35-22-7-3-2-4-8-22)19-32(26)21-13-15-31(16-14-21)27(33)12-11-20-18-30-25-10-6-5-9-24(20)25/h2-10,18,21,23,26,30H,11-17,19H2,1H3,(H,29,34)/t23-,26-/m0/s1. The molecule has 2 aromatic carbocycles. The molecule has 0 unspecified atom stereocenters. The van der Waals surface area contributed by atoms with Gasteiger partial charge in [-0.05, 0) is 43.0 Å². The van der Waals surface area contributed by atoms with Gasteiger partial charge >= 0.3 is 0 Å². The van der Waals surface area contributed by atoms with Crippen molar-refractivity contribution in [2.24, 2.45) is 0 Å². The smallest absolute Gasteiger partial charge is 0.237 e. The molecule has 7 nitrogen and oxygen atoms in total. The molecule has 0 radical (unpaired) electrons. The van der Waals surface area contributed by atoms with Gasteiger partial charge in [0, 0.05) is 62.7 Å². The van der Waals surface area contributed by atoms with Gasteiger partial charge in [0.2, 0.25) is 11.8 Å². The molecule has 0 saturated carbocycles. The molecule has 1 aromatic heterocycles. The molecule has 0 bridgehead atoms. The summed E-state index contributed by atoms with van der Waals surface area (Å²) in [6.45, 7) is 2.20. The fourth-order valence-corrected chi connectivity index (χ4v) is 5.61. The van der Waals surface area contributed by atoms with Gasteiger partial charge in [0.15, 0.2) is 0 Å². The summed E-state index contributed by atoms with van der Waals surface area (Å²) in [6, 6.07) is 18.1. The van der Waals surface area contributed by atoms with Crippen molar-refractivity contribution < 1.29 is 14.3 Å². The van der Waals surface area contributed by atoms with Crippen LogP contribution in [0.25, 0.3) is 10.9 Å². The summed E-state index contributed by atoms with van der Waals surface area (Å²) in [7, 11) is 1.70. The van der Waals surface area contributed by atoms with E-state index in [4.69, 9.17) is 4.74 Å². The number of carbonyl (C=O) groups excluding carboxylic acids is 2. The Kier molecular flexibility index (Phi) is 7.04. The van der Waals surface area contributed by atoms with Gasteiger partial charge in [-0.15, -0.1) is 0 Å². The molecule has 0 aliphatic carbocycles. The van der Waals surface area contributed by atoms with Crippen molar-refractivity contribution in [1.29, 1.82) is 0 Å². The predicted octanol–water partition coefficient (Wildman–Crippen LogP) is 3.36. The molecule has 3 heterocycles. The van der Waals surface area contributed by atoms with Crippen LogP contribution in [0.5, 0.6) is 5.75 Å². The number of para-hydroxylation sites is 2. The second kappa shape index (κ2) is 10.5. The third-order valence-electron chi connectivity index (χ3n) is 7.47. The fourth-order valence-electron chi connectivity index (χ4n) is 5.61. The summed E-state index contributed by atoms with van der Waals surface area (Å²) in [5.74, 6) is 1.09. The van der Waals surface area contributed by atoms with Crippen LogP contribution in [-0.2, 0) is 16.0 Å². The normalized spacial score (nSPS) is 21.3. The Morgan fingerprint density at radius 2 is 1.80 bits per heavy atom. The second-order valence-corrected chi connectivity index (χ2v) is 9.59. The van der Waals surface area contributed by atoms with E-state index < -0.39 is 0 Å². The second-order valence-electron chi connectivity index (χ2n) is 9.59. The molecule has 2 N–H and O–H groups in total. The molecule has 2 aliphatic rings. The minimum absolute atomic E-state index is 0.0180.